The molecular weight excluding hydrogens is 1100 g/mol. The van der Waals surface area contributed by atoms with Gasteiger partial charge in [-0.3, -0.25) is 0 Å². The van der Waals surface area contributed by atoms with Crippen LogP contribution < -0.4 is 22.8 Å². The van der Waals surface area contributed by atoms with Gasteiger partial charge in [0.2, 0.25) is 28.5 Å². The van der Waals surface area contributed by atoms with E-state index in [9.17, 15) is 0 Å². The molecule has 3 aliphatic rings. The Morgan fingerprint density at radius 3 is 1.20 bits per heavy atom. The van der Waals surface area contributed by atoms with Crippen molar-refractivity contribution in [2.75, 3.05) is 0 Å². The van der Waals surface area contributed by atoms with Crippen LogP contribution in [0.15, 0.2) is 183 Å². The van der Waals surface area contributed by atoms with Crippen molar-refractivity contribution >= 4 is 0 Å². The standard InChI is InChI=1S/2C18H24N.2C17H20N.C16H18N/c1-6-15-12-19(5)18(11-17(15)13(2)3)16-10-8-7-9-14(16)4;1-6-15-11-18(16-10-8-7-9-14(16)4)19(5)12-17(15)13(2)3;1-13-7-3-6-10-16(13)17-11-14-8-4-5-9-15(14)12-18(17)2;1-13-7-3-5-9-15(13)17-16-10-6-4-8-14(16)11-12-18(17)2;1-12-6-3-4-9-15(12)16-10-13-7-5-8-14(13)11-17(16)2/h2*7-13H,6H2,1-5H3;3,6-7,10-12H,4-5,8-9H2,1-2H3;3,5,7,9,11-12H,4,6,8,10H2,1-2H3;3-4,6,9-11H,5,7-8H2,1-2H3/q5*+1/i2*2D3,6D2,13D;;;. The highest BCUT2D eigenvalue weighted by Gasteiger charge is 2.25. The van der Waals surface area contributed by atoms with Crippen LogP contribution in [0.5, 0.6) is 0 Å². The van der Waals surface area contributed by atoms with E-state index < -0.39 is 38.2 Å². The molecule has 0 saturated carbocycles. The highest BCUT2D eigenvalue weighted by Crippen LogP contribution is 2.33. The molecule has 2 atom stereocenters. The lowest BCUT2D eigenvalue weighted by Gasteiger charge is -2.17. The van der Waals surface area contributed by atoms with E-state index in [-0.39, 0.29) is 22.3 Å². The topological polar surface area (TPSA) is 19.4 Å². The Balaban J connectivity index is 0.000000151. The van der Waals surface area contributed by atoms with Crippen LogP contribution in [0, 0.1) is 34.6 Å². The van der Waals surface area contributed by atoms with Crippen LogP contribution in [0.1, 0.15) is 185 Å². The highest BCUT2D eigenvalue weighted by molar-refractivity contribution is 5.67. The first kappa shape index (κ1) is 52.5. The Bertz CT molecular complexity index is 4690. The Kier molecular flexibility index (Phi) is 18.0. The Labute approximate surface area is 565 Å². The largest absolute Gasteiger partial charge is 0.216 e. The normalized spacial score (nSPS) is 16.7. The number of aromatic nitrogens is 5. The Morgan fingerprint density at radius 2 is 0.736 bits per heavy atom. The summed E-state index contributed by atoms with van der Waals surface area (Å²) < 4.78 is 106. The number of fused-ring (bicyclic) bond motifs is 3. The zero-order chi connectivity index (χ0) is 75.3. The van der Waals surface area contributed by atoms with Gasteiger partial charge in [0, 0.05) is 102 Å². The molecule has 2 unspecified atom stereocenters. The van der Waals surface area contributed by atoms with Crippen LogP contribution in [0.4, 0.5) is 0 Å². The van der Waals surface area contributed by atoms with Crippen LogP contribution >= 0.6 is 0 Å². The Morgan fingerprint density at radius 1 is 0.374 bits per heavy atom. The monoisotopic (exact) mass is 1220 g/mol. The second-order valence-corrected chi connectivity index (χ2v) is 25.2. The molecule has 5 nitrogen and oxygen atoms in total. The molecule has 0 fully saturated rings. The van der Waals surface area contributed by atoms with Crippen molar-refractivity contribution in [3.8, 4) is 56.3 Å². The SMILES string of the molecule is Cc1ccccc1-c1c2c(cc[n+]1C)CCCC2.Cc1ccccc1-c1cc2c(c[n+]1C)CCC2.Cc1ccccc1-c1cc2c(c[n+]1C)CCCC2.[2H]C([2H])(C)c1c[n+](C)c(-c2ccccc2C)cc1C([2H])(C)C([2H])([2H])[2H].[2H]C([2H])(C)c1cc(-c2ccccc2C)[n+](C)cc1C([2H])(C)C([2H])([2H])[2H]. The lowest BCUT2D eigenvalue weighted by Crippen LogP contribution is -2.33. The summed E-state index contributed by atoms with van der Waals surface area (Å²) in [5.74, 6) is -3.83. The molecule has 0 radical (unpaired) electrons. The van der Waals surface area contributed by atoms with Gasteiger partial charge in [-0.1, -0.05) is 132 Å². The van der Waals surface area contributed by atoms with Crippen molar-refractivity contribution in [2.45, 2.75) is 171 Å². The molecule has 5 heterocycles. The predicted molar refractivity (Wildman–Crippen MR) is 381 cm³/mol. The van der Waals surface area contributed by atoms with Crippen molar-refractivity contribution in [2.24, 2.45) is 35.2 Å². The summed E-state index contributed by atoms with van der Waals surface area (Å²) in [5.41, 5.74) is 27.9. The number of nitrogens with zero attached hydrogens (tertiary/aromatic N) is 5. The van der Waals surface area contributed by atoms with Gasteiger partial charge in [-0.15, -0.1) is 0 Å². The fraction of sp³-hybridized carbons (Fsp3) is 0.360. The zero-order valence-electron chi connectivity index (χ0n) is 68.8. The maximum Gasteiger partial charge on any atom is 0.216 e. The van der Waals surface area contributed by atoms with Crippen molar-refractivity contribution in [3.63, 3.8) is 0 Å². The van der Waals surface area contributed by atoms with Crippen LogP contribution in [0.3, 0.4) is 0 Å². The van der Waals surface area contributed by atoms with E-state index in [4.69, 9.17) is 16.4 Å². The van der Waals surface area contributed by atoms with E-state index in [0.29, 0.717) is 0 Å². The van der Waals surface area contributed by atoms with Gasteiger partial charge < -0.3 is 0 Å². The summed E-state index contributed by atoms with van der Waals surface area (Å²) in [4.78, 5) is 0. The minimum atomic E-state index is -2.57. The molecule has 0 amide bonds. The first-order valence-electron chi connectivity index (χ1n) is 38.7. The second-order valence-electron chi connectivity index (χ2n) is 25.2. The lowest BCUT2D eigenvalue weighted by atomic mass is 9.88. The number of pyridine rings is 5. The molecule has 3 aliphatic carbocycles. The first-order valence-corrected chi connectivity index (χ1v) is 32.7. The van der Waals surface area contributed by atoms with Gasteiger partial charge >= 0.3 is 0 Å². The molecule has 5 aromatic heterocycles. The average molecular weight is 1220 g/mol. The molecular formula is C86H106N5+5. The van der Waals surface area contributed by atoms with Gasteiger partial charge in [0.1, 0.15) is 35.2 Å². The van der Waals surface area contributed by atoms with Gasteiger partial charge in [-0.25, -0.2) is 22.8 Å². The molecule has 0 spiro atoms. The van der Waals surface area contributed by atoms with Crippen molar-refractivity contribution < 1.29 is 39.3 Å². The van der Waals surface area contributed by atoms with E-state index in [1.807, 2.05) is 62.4 Å². The molecule has 5 aromatic carbocycles. The third-order valence-electron chi connectivity index (χ3n) is 18.6. The van der Waals surface area contributed by atoms with Crippen LogP contribution in [0.2, 0.25) is 0 Å². The highest BCUT2D eigenvalue weighted by atomic mass is 14.9. The fourth-order valence-corrected chi connectivity index (χ4v) is 13.4. The van der Waals surface area contributed by atoms with E-state index in [1.54, 1.807) is 75.6 Å². The van der Waals surface area contributed by atoms with Crippen molar-refractivity contribution in [1.29, 1.82) is 0 Å². The summed E-state index contributed by atoms with van der Waals surface area (Å²) in [5, 5.41) is 0. The maximum absolute atomic E-state index is 8.48. The van der Waals surface area contributed by atoms with E-state index in [0.717, 1.165) is 33.6 Å². The van der Waals surface area contributed by atoms with E-state index in [1.165, 1.54) is 154 Å². The number of benzene rings is 5. The number of rotatable bonds is 9. The molecule has 0 bridgehead atoms. The maximum atomic E-state index is 8.48. The number of hydrogen-bond acceptors (Lipinski definition) is 0. The smallest absolute Gasteiger partial charge is 0.201 e. The minimum Gasteiger partial charge on any atom is -0.201 e. The second kappa shape index (κ2) is 31.2. The predicted octanol–water partition coefficient (Wildman–Crippen LogP) is 18.1. The van der Waals surface area contributed by atoms with Crippen LogP contribution in [-0.4, -0.2) is 0 Å². The quantitative estimate of drug-likeness (QED) is 0.128. The summed E-state index contributed by atoms with van der Waals surface area (Å²) in [6.07, 6.45) is 20.6. The molecule has 470 valence electrons. The van der Waals surface area contributed by atoms with Gasteiger partial charge in [0.05, 0.1) is 0 Å². The van der Waals surface area contributed by atoms with Gasteiger partial charge in [0.25, 0.3) is 0 Å². The molecule has 0 N–H and O–H groups in total. The summed E-state index contributed by atoms with van der Waals surface area (Å²) in [6.45, 7) is 10.8. The van der Waals surface area contributed by atoms with Crippen LogP contribution in [-0.2, 0) is 86.5 Å². The molecule has 91 heavy (non-hydrogen) atoms. The van der Waals surface area contributed by atoms with Crippen molar-refractivity contribution in [1.82, 2.24) is 0 Å². The summed E-state index contributed by atoms with van der Waals surface area (Å²) in [7, 11) is 10.1. The summed E-state index contributed by atoms with van der Waals surface area (Å²) in [6, 6.07) is 51.9. The molecule has 13 rings (SSSR count). The summed E-state index contributed by atoms with van der Waals surface area (Å²) >= 11 is 0. The Hall–Kier alpha value is -8.15. The molecule has 5 heteroatoms. The van der Waals surface area contributed by atoms with E-state index >= 15 is 0 Å². The third-order valence-corrected chi connectivity index (χ3v) is 18.6. The third kappa shape index (κ3) is 16.1. The van der Waals surface area contributed by atoms with E-state index in [2.05, 4.69) is 165 Å². The fourth-order valence-electron chi connectivity index (χ4n) is 13.4. The first-order chi connectivity index (χ1) is 48.3. The van der Waals surface area contributed by atoms with Gasteiger partial charge in [-0.05, 0) is 216 Å². The van der Waals surface area contributed by atoms with Gasteiger partial charge in [-0.2, -0.15) is 0 Å². The average Bonchev–Trinajstić information content (AvgIpc) is 1.28. The van der Waals surface area contributed by atoms with Crippen molar-refractivity contribution in [3.05, 3.63) is 266 Å². The number of hydrogen-bond donors (Lipinski definition) is 0. The molecule has 0 aliphatic heterocycles. The molecule has 10 aromatic rings. The molecule has 0 saturated heterocycles. The van der Waals surface area contributed by atoms with Gasteiger partial charge in [0.15, 0.2) is 31.0 Å². The zero-order valence-corrected chi connectivity index (χ0v) is 56.8. The minimum absolute atomic E-state index is 0.180. The lowest BCUT2D eigenvalue weighted by molar-refractivity contribution is -0.661. The number of aryl methyl sites for hydroxylation is 17. The van der Waals surface area contributed by atoms with Crippen LogP contribution in [0.25, 0.3) is 56.3 Å².